The average Bonchev–Trinajstić information content (AvgIpc) is 3.48. The predicted molar refractivity (Wildman–Crippen MR) is 157 cm³/mol. The van der Waals surface area contributed by atoms with E-state index in [1.165, 1.54) is 0 Å². The first-order chi connectivity index (χ1) is 18.0. The highest BCUT2D eigenvalue weighted by Gasteiger charge is 2.66. The maximum atomic E-state index is 16.2. The van der Waals surface area contributed by atoms with Gasteiger partial charge in [0, 0.05) is 40.3 Å². The molecule has 6 nitrogen and oxygen atoms in total. The van der Waals surface area contributed by atoms with Crippen LogP contribution in [0.25, 0.3) is 0 Å². The van der Waals surface area contributed by atoms with Gasteiger partial charge in [0.2, 0.25) is 11.8 Å². The Balaban J connectivity index is 1.75. The first kappa shape index (κ1) is 27.1. The summed E-state index contributed by atoms with van der Waals surface area (Å²) in [6.07, 6.45) is 2.42. The van der Waals surface area contributed by atoms with Crippen molar-refractivity contribution in [3.63, 3.8) is 0 Å². The molecule has 0 unspecified atom stereocenters. The summed E-state index contributed by atoms with van der Waals surface area (Å²) in [5.74, 6) is -1.14. The van der Waals surface area contributed by atoms with E-state index in [9.17, 15) is 9.59 Å². The zero-order chi connectivity index (χ0) is 27.4. The maximum absolute atomic E-state index is 16.2. The minimum atomic E-state index is -1.23. The molecule has 1 aromatic heterocycles. The highest BCUT2D eigenvalue weighted by atomic mass is 127. The third kappa shape index (κ3) is 4.44. The Hall–Kier alpha value is -2.43. The number of carbonyl (C=O) groups is 2. The Kier molecular flexibility index (Phi) is 7.11. The molecule has 2 aliphatic rings. The number of amides is 2. The lowest BCUT2D eigenvalue weighted by Crippen LogP contribution is -2.49. The highest BCUT2D eigenvalue weighted by molar-refractivity contribution is 14.1. The van der Waals surface area contributed by atoms with E-state index < -0.39 is 23.4 Å². The van der Waals surface area contributed by atoms with Crippen LogP contribution in [0.5, 0.6) is 0 Å². The van der Waals surface area contributed by atoms with E-state index in [1.54, 1.807) is 41.0 Å². The highest BCUT2D eigenvalue weighted by Crippen LogP contribution is 2.57. The van der Waals surface area contributed by atoms with Crippen molar-refractivity contribution in [2.24, 2.45) is 12.5 Å². The molecule has 2 aliphatic heterocycles. The van der Waals surface area contributed by atoms with E-state index in [1.807, 2.05) is 25.4 Å². The molecule has 1 spiro atoms. The van der Waals surface area contributed by atoms with Crippen molar-refractivity contribution >= 4 is 57.5 Å². The van der Waals surface area contributed by atoms with Crippen molar-refractivity contribution < 1.29 is 14.0 Å². The summed E-state index contributed by atoms with van der Waals surface area (Å²) < 4.78 is 18.4. The first-order valence-corrected chi connectivity index (χ1v) is 14.5. The van der Waals surface area contributed by atoms with Crippen LogP contribution in [0.15, 0.2) is 54.7 Å². The van der Waals surface area contributed by atoms with Gasteiger partial charge in [0.05, 0.1) is 6.04 Å². The lowest BCUT2D eigenvalue weighted by atomic mass is 9.62. The molecule has 0 bridgehead atoms. The maximum Gasteiger partial charge on any atom is 0.243 e. The summed E-state index contributed by atoms with van der Waals surface area (Å²) in [6, 6.07) is 12.9. The van der Waals surface area contributed by atoms with Crippen LogP contribution in [-0.2, 0) is 26.5 Å². The number of aromatic nitrogens is 1. The minimum Gasteiger partial charge on any atom is -0.338 e. The smallest absolute Gasteiger partial charge is 0.243 e. The van der Waals surface area contributed by atoms with Gasteiger partial charge in [0.1, 0.15) is 17.1 Å². The quantitative estimate of drug-likeness (QED) is 0.230. The standard InChI is InChI=1S/C29H31ClFIN4O2/c1-28(2,3)14-21-29(19-11-10-17(30)13-20(19)33-27(29)38)23(18-8-5-7-16(15-32)24(18)31)25(34-21)26(37)35-22-9-6-12-36(22)4/h5-13,21,23,25,34H,14-15H2,1-4H3,(H,33,38)(H,35,37)/t21-,23-,25+,29+/m0/s1. The van der Waals surface area contributed by atoms with Crippen molar-refractivity contribution in [3.05, 3.63) is 82.3 Å². The molecule has 0 aliphatic carbocycles. The normalized spacial score (nSPS) is 24.5. The molecule has 200 valence electrons. The second kappa shape index (κ2) is 9.95. The van der Waals surface area contributed by atoms with Gasteiger partial charge in [-0.2, -0.15) is 0 Å². The van der Waals surface area contributed by atoms with Crippen molar-refractivity contribution in [3.8, 4) is 0 Å². The van der Waals surface area contributed by atoms with Crippen LogP contribution >= 0.6 is 34.2 Å². The van der Waals surface area contributed by atoms with Crippen LogP contribution in [0, 0.1) is 11.2 Å². The minimum absolute atomic E-state index is 0.184. The number of fused-ring (bicyclic) bond motifs is 2. The molecular formula is C29H31ClFIN4O2. The second-order valence-corrected chi connectivity index (χ2v) is 12.6. The lowest BCUT2D eigenvalue weighted by molar-refractivity contribution is -0.122. The molecule has 4 atom stereocenters. The van der Waals surface area contributed by atoms with Gasteiger partial charge in [-0.1, -0.05) is 79.2 Å². The number of aryl methyl sites for hydroxylation is 1. The van der Waals surface area contributed by atoms with Gasteiger partial charge in [-0.3, -0.25) is 9.59 Å². The fourth-order valence-corrected chi connectivity index (χ4v) is 6.89. The van der Waals surface area contributed by atoms with Gasteiger partial charge in [-0.25, -0.2) is 4.39 Å². The van der Waals surface area contributed by atoms with Crippen molar-refractivity contribution in [2.45, 2.75) is 55.0 Å². The van der Waals surface area contributed by atoms with Gasteiger partial charge >= 0.3 is 0 Å². The van der Waals surface area contributed by atoms with E-state index in [0.29, 0.717) is 38.5 Å². The van der Waals surface area contributed by atoms with E-state index in [-0.39, 0.29) is 23.0 Å². The molecule has 3 aromatic rings. The Labute approximate surface area is 240 Å². The third-order valence-corrected chi connectivity index (χ3v) is 8.74. The molecule has 2 aromatic carbocycles. The van der Waals surface area contributed by atoms with E-state index in [4.69, 9.17) is 11.6 Å². The van der Waals surface area contributed by atoms with Crippen LogP contribution in [0.4, 0.5) is 15.9 Å². The van der Waals surface area contributed by atoms with Crippen LogP contribution in [0.1, 0.15) is 49.8 Å². The number of halogens is 3. The van der Waals surface area contributed by atoms with Gasteiger partial charge in [-0.15, -0.1) is 0 Å². The number of hydrogen-bond donors (Lipinski definition) is 3. The van der Waals surface area contributed by atoms with Crippen LogP contribution in [0.2, 0.25) is 5.02 Å². The second-order valence-electron chi connectivity index (χ2n) is 11.4. The summed E-state index contributed by atoms with van der Waals surface area (Å²) in [6.45, 7) is 6.30. The Morgan fingerprint density at radius 2 is 1.97 bits per heavy atom. The molecule has 9 heteroatoms. The zero-order valence-electron chi connectivity index (χ0n) is 21.7. The fourth-order valence-electron chi connectivity index (χ4n) is 6.13. The largest absolute Gasteiger partial charge is 0.338 e. The molecule has 5 rings (SSSR count). The first-order valence-electron chi connectivity index (χ1n) is 12.6. The van der Waals surface area contributed by atoms with Gasteiger partial charge in [0.15, 0.2) is 0 Å². The molecule has 3 heterocycles. The number of benzene rings is 2. The average molecular weight is 649 g/mol. The summed E-state index contributed by atoms with van der Waals surface area (Å²) in [5, 5.41) is 10.0. The topological polar surface area (TPSA) is 75.2 Å². The number of nitrogens with one attached hydrogen (secondary N) is 3. The van der Waals surface area contributed by atoms with Crippen LogP contribution in [0.3, 0.4) is 0 Å². The van der Waals surface area contributed by atoms with Crippen LogP contribution in [-0.4, -0.2) is 28.5 Å². The molecule has 1 saturated heterocycles. The van der Waals surface area contributed by atoms with Crippen LogP contribution < -0.4 is 16.0 Å². The molecular weight excluding hydrogens is 618 g/mol. The lowest BCUT2D eigenvalue weighted by Gasteiger charge is -2.37. The summed E-state index contributed by atoms with van der Waals surface area (Å²) in [4.78, 5) is 28.2. The number of carbonyl (C=O) groups excluding carboxylic acids is 2. The summed E-state index contributed by atoms with van der Waals surface area (Å²) in [7, 11) is 1.84. The van der Waals surface area contributed by atoms with E-state index >= 15 is 4.39 Å². The molecule has 2 amide bonds. The molecule has 3 N–H and O–H groups in total. The zero-order valence-corrected chi connectivity index (χ0v) is 24.7. The van der Waals surface area contributed by atoms with Gasteiger partial charge in [0.25, 0.3) is 0 Å². The Bertz CT molecular complexity index is 1420. The van der Waals surface area contributed by atoms with Crippen molar-refractivity contribution in [1.29, 1.82) is 0 Å². The van der Waals surface area contributed by atoms with Gasteiger partial charge < -0.3 is 20.5 Å². The Morgan fingerprint density at radius 3 is 2.63 bits per heavy atom. The molecule has 1 fully saturated rings. The molecule has 38 heavy (non-hydrogen) atoms. The van der Waals surface area contributed by atoms with Crippen molar-refractivity contribution in [2.75, 3.05) is 10.6 Å². The fraction of sp³-hybridized carbons (Fsp3) is 0.379. The number of rotatable bonds is 5. The van der Waals surface area contributed by atoms with Crippen molar-refractivity contribution in [1.82, 2.24) is 9.88 Å². The van der Waals surface area contributed by atoms with Gasteiger partial charge in [-0.05, 0) is 52.8 Å². The monoisotopic (exact) mass is 648 g/mol. The Morgan fingerprint density at radius 1 is 1.21 bits per heavy atom. The third-order valence-electron chi connectivity index (χ3n) is 7.69. The number of anilines is 2. The van der Waals surface area contributed by atoms with E-state index in [0.717, 1.165) is 5.56 Å². The molecule has 0 radical (unpaired) electrons. The number of nitrogens with zero attached hydrogens (tertiary/aromatic N) is 1. The SMILES string of the molecule is Cn1cccc1NC(=O)[C@@H]1N[C@@H](CC(C)(C)C)[C@@]2(C(=O)Nc3cc(Cl)ccc32)[C@H]1c1cccc(CI)c1F. The number of alkyl halides is 1. The summed E-state index contributed by atoms with van der Waals surface area (Å²) in [5.41, 5.74) is 0.807. The summed E-state index contributed by atoms with van der Waals surface area (Å²) >= 11 is 8.44. The molecule has 0 saturated carbocycles. The van der Waals surface area contributed by atoms with E-state index in [2.05, 4.69) is 59.3 Å². The number of hydrogen-bond acceptors (Lipinski definition) is 3. The predicted octanol–water partition coefficient (Wildman–Crippen LogP) is 6.14.